The SMILES string of the molecule is NCC(O)C(O)c1ccc(S)cc1. The van der Waals surface area contributed by atoms with Gasteiger partial charge in [-0.15, -0.1) is 12.6 Å². The van der Waals surface area contributed by atoms with Crippen molar-refractivity contribution in [2.45, 2.75) is 17.1 Å². The summed E-state index contributed by atoms with van der Waals surface area (Å²) in [6, 6.07) is 6.94. The molecule has 0 fully saturated rings. The van der Waals surface area contributed by atoms with Crippen LogP contribution >= 0.6 is 12.6 Å². The molecule has 0 aliphatic rings. The van der Waals surface area contributed by atoms with Gasteiger partial charge in [0.1, 0.15) is 6.10 Å². The smallest absolute Gasteiger partial charge is 0.106 e. The van der Waals surface area contributed by atoms with E-state index < -0.39 is 12.2 Å². The summed E-state index contributed by atoms with van der Waals surface area (Å²) in [6.45, 7) is 0.0454. The van der Waals surface area contributed by atoms with E-state index in [0.29, 0.717) is 5.56 Å². The molecule has 0 saturated heterocycles. The zero-order chi connectivity index (χ0) is 9.84. The van der Waals surface area contributed by atoms with Gasteiger partial charge in [-0.1, -0.05) is 12.1 Å². The van der Waals surface area contributed by atoms with Gasteiger partial charge in [-0.3, -0.25) is 0 Å². The molecule has 13 heavy (non-hydrogen) atoms. The van der Waals surface area contributed by atoms with E-state index in [1.165, 1.54) is 0 Å². The second-order valence-electron chi connectivity index (χ2n) is 2.84. The van der Waals surface area contributed by atoms with E-state index >= 15 is 0 Å². The number of aliphatic hydroxyl groups excluding tert-OH is 2. The fraction of sp³-hybridized carbons (Fsp3) is 0.333. The van der Waals surface area contributed by atoms with Crippen LogP contribution in [0.3, 0.4) is 0 Å². The molecule has 0 radical (unpaired) electrons. The highest BCUT2D eigenvalue weighted by Crippen LogP contribution is 2.17. The van der Waals surface area contributed by atoms with Gasteiger partial charge < -0.3 is 15.9 Å². The summed E-state index contributed by atoms with van der Waals surface area (Å²) >= 11 is 4.11. The van der Waals surface area contributed by atoms with E-state index in [1.807, 2.05) is 0 Å². The van der Waals surface area contributed by atoms with E-state index in [4.69, 9.17) is 5.73 Å². The van der Waals surface area contributed by atoms with Gasteiger partial charge >= 0.3 is 0 Å². The first-order valence-electron chi connectivity index (χ1n) is 4.00. The molecule has 4 heteroatoms. The van der Waals surface area contributed by atoms with E-state index in [-0.39, 0.29) is 6.54 Å². The predicted molar refractivity (Wildman–Crippen MR) is 53.7 cm³/mol. The summed E-state index contributed by atoms with van der Waals surface area (Å²) in [5, 5.41) is 18.8. The van der Waals surface area contributed by atoms with Gasteiger partial charge in [0, 0.05) is 11.4 Å². The van der Waals surface area contributed by atoms with Gasteiger partial charge in [0.25, 0.3) is 0 Å². The molecule has 4 N–H and O–H groups in total. The predicted octanol–water partition coefficient (Wildman–Crippen LogP) is 0.328. The number of aliphatic hydroxyl groups is 2. The maximum absolute atomic E-state index is 9.52. The first-order chi connectivity index (χ1) is 6.15. The van der Waals surface area contributed by atoms with Crippen LogP contribution in [0.1, 0.15) is 11.7 Å². The number of benzene rings is 1. The van der Waals surface area contributed by atoms with Crippen molar-refractivity contribution in [2.24, 2.45) is 5.73 Å². The maximum atomic E-state index is 9.52. The Bertz CT molecular complexity index is 263. The normalized spacial score (nSPS) is 15.4. The van der Waals surface area contributed by atoms with Crippen molar-refractivity contribution in [1.82, 2.24) is 0 Å². The lowest BCUT2D eigenvalue weighted by atomic mass is 10.0. The summed E-state index contributed by atoms with van der Waals surface area (Å²) in [5.41, 5.74) is 5.86. The zero-order valence-electron chi connectivity index (χ0n) is 7.09. The average molecular weight is 199 g/mol. The highest BCUT2D eigenvalue weighted by Gasteiger charge is 2.15. The number of hydrogen-bond donors (Lipinski definition) is 4. The van der Waals surface area contributed by atoms with Crippen molar-refractivity contribution < 1.29 is 10.2 Å². The number of rotatable bonds is 3. The van der Waals surface area contributed by atoms with Crippen molar-refractivity contribution in [3.8, 4) is 0 Å². The lowest BCUT2D eigenvalue weighted by molar-refractivity contribution is 0.0243. The number of nitrogens with two attached hydrogens (primary N) is 1. The van der Waals surface area contributed by atoms with Crippen molar-refractivity contribution in [3.63, 3.8) is 0 Å². The Morgan fingerprint density at radius 1 is 1.23 bits per heavy atom. The van der Waals surface area contributed by atoms with Crippen LogP contribution < -0.4 is 5.73 Å². The number of hydrogen-bond acceptors (Lipinski definition) is 4. The fourth-order valence-electron chi connectivity index (χ4n) is 1.02. The topological polar surface area (TPSA) is 66.5 Å². The van der Waals surface area contributed by atoms with Gasteiger partial charge in [-0.05, 0) is 17.7 Å². The van der Waals surface area contributed by atoms with Crippen LogP contribution in [0.2, 0.25) is 0 Å². The molecule has 2 atom stereocenters. The Morgan fingerprint density at radius 3 is 2.23 bits per heavy atom. The fourth-order valence-corrected chi connectivity index (χ4v) is 1.17. The highest BCUT2D eigenvalue weighted by molar-refractivity contribution is 7.80. The van der Waals surface area contributed by atoms with Gasteiger partial charge in [0.2, 0.25) is 0 Å². The molecule has 0 aliphatic carbocycles. The molecule has 0 aromatic heterocycles. The second kappa shape index (κ2) is 4.62. The summed E-state index contributed by atoms with van der Waals surface area (Å²) < 4.78 is 0. The second-order valence-corrected chi connectivity index (χ2v) is 3.36. The largest absolute Gasteiger partial charge is 0.389 e. The van der Waals surface area contributed by atoms with Gasteiger partial charge in [-0.2, -0.15) is 0 Å². The van der Waals surface area contributed by atoms with E-state index in [2.05, 4.69) is 12.6 Å². The number of thiol groups is 1. The molecule has 1 aromatic rings. The van der Waals surface area contributed by atoms with Crippen LogP contribution in [-0.2, 0) is 0 Å². The summed E-state index contributed by atoms with van der Waals surface area (Å²) in [7, 11) is 0. The van der Waals surface area contributed by atoms with Crippen LogP contribution in [0, 0.1) is 0 Å². The summed E-state index contributed by atoms with van der Waals surface area (Å²) in [4.78, 5) is 0.818. The molecule has 0 heterocycles. The van der Waals surface area contributed by atoms with E-state index in [9.17, 15) is 10.2 Å². The standard InChI is InChI=1S/C9H13NO2S/c10-5-8(11)9(12)6-1-3-7(13)4-2-6/h1-4,8-9,11-13H,5,10H2. The lowest BCUT2D eigenvalue weighted by Gasteiger charge is -2.16. The Kier molecular flexibility index (Phi) is 3.74. The summed E-state index contributed by atoms with van der Waals surface area (Å²) in [6.07, 6.45) is -1.83. The molecule has 72 valence electrons. The van der Waals surface area contributed by atoms with Gasteiger partial charge in [-0.25, -0.2) is 0 Å². The average Bonchev–Trinajstić information content (AvgIpc) is 2.17. The van der Waals surface area contributed by atoms with Crippen molar-refractivity contribution in [2.75, 3.05) is 6.54 Å². The van der Waals surface area contributed by atoms with Crippen LogP contribution in [-0.4, -0.2) is 22.9 Å². The highest BCUT2D eigenvalue weighted by atomic mass is 32.1. The van der Waals surface area contributed by atoms with Crippen molar-refractivity contribution in [1.29, 1.82) is 0 Å². The maximum Gasteiger partial charge on any atom is 0.106 e. The molecule has 0 amide bonds. The monoisotopic (exact) mass is 199 g/mol. The minimum atomic E-state index is -0.918. The molecule has 1 aromatic carbocycles. The van der Waals surface area contributed by atoms with Crippen LogP contribution in [0.25, 0.3) is 0 Å². The molecule has 1 rings (SSSR count). The van der Waals surface area contributed by atoms with Gasteiger partial charge in [0.05, 0.1) is 6.10 Å². The van der Waals surface area contributed by atoms with Crippen LogP contribution in [0.5, 0.6) is 0 Å². The Morgan fingerprint density at radius 2 is 1.77 bits per heavy atom. The first kappa shape index (κ1) is 10.5. The van der Waals surface area contributed by atoms with Gasteiger partial charge in [0.15, 0.2) is 0 Å². The van der Waals surface area contributed by atoms with Crippen LogP contribution in [0.4, 0.5) is 0 Å². The molecule has 0 spiro atoms. The third-order valence-corrected chi connectivity index (χ3v) is 2.14. The van der Waals surface area contributed by atoms with Crippen molar-refractivity contribution in [3.05, 3.63) is 29.8 Å². The third kappa shape index (κ3) is 2.70. The van der Waals surface area contributed by atoms with Crippen molar-refractivity contribution >= 4 is 12.6 Å². The minimum Gasteiger partial charge on any atom is -0.389 e. The Hall–Kier alpha value is -0.550. The van der Waals surface area contributed by atoms with Crippen LogP contribution in [0.15, 0.2) is 29.2 Å². The summed E-state index contributed by atoms with van der Waals surface area (Å²) in [5.74, 6) is 0. The quantitative estimate of drug-likeness (QED) is 0.530. The Balaban J connectivity index is 2.77. The molecule has 2 unspecified atom stereocenters. The lowest BCUT2D eigenvalue weighted by Crippen LogP contribution is -2.27. The molecule has 0 aliphatic heterocycles. The third-order valence-electron chi connectivity index (χ3n) is 1.84. The molecular weight excluding hydrogens is 186 g/mol. The molecule has 3 nitrogen and oxygen atoms in total. The van der Waals surface area contributed by atoms with E-state index in [1.54, 1.807) is 24.3 Å². The minimum absolute atomic E-state index is 0.0454. The molecule has 0 bridgehead atoms. The first-order valence-corrected chi connectivity index (χ1v) is 4.45. The zero-order valence-corrected chi connectivity index (χ0v) is 7.98. The van der Waals surface area contributed by atoms with E-state index in [0.717, 1.165) is 4.90 Å². The molecular formula is C9H13NO2S. The Labute approximate surface area is 82.6 Å². The molecule has 0 saturated carbocycles.